The van der Waals surface area contributed by atoms with Crippen LogP contribution in [0, 0.1) is 0 Å². The normalized spacial score (nSPS) is 12.0. The molecule has 2 aromatic heterocycles. The highest BCUT2D eigenvalue weighted by Gasteiger charge is 2.22. The van der Waals surface area contributed by atoms with Crippen molar-refractivity contribution in [1.82, 2.24) is 25.1 Å². The van der Waals surface area contributed by atoms with Crippen molar-refractivity contribution in [3.05, 3.63) is 52.8 Å². The fraction of sp³-hybridized carbons (Fsp3) is 0.263. The summed E-state index contributed by atoms with van der Waals surface area (Å²) in [5.74, 6) is 0.588. The van der Waals surface area contributed by atoms with Crippen LogP contribution in [-0.4, -0.2) is 37.5 Å². The molecule has 0 saturated heterocycles. The van der Waals surface area contributed by atoms with Crippen LogP contribution in [0.3, 0.4) is 0 Å². The molecule has 0 radical (unpaired) electrons. The molecule has 2 heterocycles. The number of pyridine rings is 1. The number of benzene rings is 1. The van der Waals surface area contributed by atoms with Crippen LogP contribution >= 0.6 is 35.0 Å². The third kappa shape index (κ3) is 4.66. The van der Waals surface area contributed by atoms with Gasteiger partial charge in [-0.3, -0.25) is 14.3 Å². The van der Waals surface area contributed by atoms with E-state index in [1.165, 1.54) is 11.8 Å². The van der Waals surface area contributed by atoms with Gasteiger partial charge in [-0.1, -0.05) is 41.9 Å². The zero-order valence-electron chi connectivity index (χ0n) is 15.4. The smallest absolute Gasteiger partial charge is 0.233 e. The summed E-state index contributed by atoms with van der Waals surface area (Å²) in [5.41, 5.74) is 1.61. The number of carbonyl (C=O) groups excluding carboxylic acids is 1. The van der Waals surface area contributed by atoms with Gasteiger partial charge >= 0.3 is 0 Å². The molecule has 28 heavy (non-hydrogen) atoms. The van der Waals surface area contributed by atoms with Gasteiger partial charge in [0.05, 0.1) is 21.0 Å². The third-order valence-electron chi connectivity index (χ3n) is 3.93. The summed E-state index contributed by atoms with van der Waals surface area (Å²) in [6.07, 6.45) is 4.27. The lowest BCUT2D eigenvalue weighted by molar-refractivity contribution is -0.120. The van der Waals surface area contributed by atoms with Gasteiger partial charge in [0.1, 0.15) is 0 Å². The average molecular weight is 436 g/mol. The largest absolute Gasteiger partial charge is 0.355 e. The first-order chi connectivity index (χ1) is 13.5. The Morgan fingerprint density at radius 1 is 1.18 bits per heavy atom. The van der Waals surface area contributed by atoms with Crippen molar-refractivity contribution in [3.63, 3.8) is 0 Å². The number of nitrogens with one attached hydrogen (secondary N) is 1. The molecular formula is C19H19Cl2N5OS. The molecule has 1 amide bonds. The first-order valence-electron chi connectivity index (χ1n) is 8.77. The van der Waals surface area contributed by atoms with Gasteiger partial charge in [0.2, 0.25) is 5.91 Å². The molecule has 0 aliphatic rings. The van der Waals surface area contributed by atoms with Gasteiger partial charge < -0.3 is 5.32 Å². The number of amides is 1. The molecule has 0 aliphatic carbocycles. The predicted molar refractivity (Wildman–Crippen MR) is 113 cm³/mol. The third-order valence-corrected chi connectivity index (χ3v) is 5.72. The van der Waals surface area contributed by atoms with E-state index >= 15 is 0 Å². The molecular weight excluding hydrogens is 417 g/mol. The standard InChI is InChI=1S/C19H19Cl2N5OS/c1-3-8-23-18(27)12(2)28-19-25-24-17(13-6-9-22-10-7-13)26(19)14-4-5-15(20)16(21)11-14/h4-7,9-12H,3,8H2,1-2H3,(H,23,27). The molecule has 0 spiro atoms. The maximum atomic E-state index is 12.3. The second kappa shape index (κ2) is 9.41. The van der Waals surface area contributed by atoms with E-state index in [1.54, 1.807) is 24.5 Å². The molecule has 146 valence electrons. The number of hydrogen-bond acceptors (Lipinski definition) is 5. The summed E-state index contributed by atoms with van der Waals surface area (Å²) in [5, 5.41) is 12.7. The fourth-order valence-corrected chi connectivity index (χ4v) is 3.68. The Labute approximate surface area is 177 Å². The molecule has 6 nitrogen and oxygen atoms in total. The number of nitrogens with zero attached hydrogens (tertiary/aromatic N) is 4. The monoisotopic (exact) mass is 435 g/mol. The second-order valence-corrected chi connectivity index (χ2v) is 8.15. The lowest BCUT2D eigenvalue weighted by Crippen LogP contribution is -2.31. The van der Waals surface area contributed by atoms with Crippen molar-refractivity contribution >= 4 is 40.9 Å². The Kier molecular flexibility index (Phi) is 6.93. The topological polar surface area (TPSA) is 72.7 Å². The first-order valence-corrected chi connectivity index (χ1v) is 10.4. The number of rotatable bonds is 7. The van der Waals surface area contributed by atoms with E-state index in [0.29, 0.717) is 27.6 Å². The van der Waals surface area contributed by atoms with Crippen LogP contribution in [0.25, 0.3) is 17.1 Å². The summed E-state index contributed by atoms with van der Waals surface area (Å²) in [7, 11) is 0. The number of halogens is 2. The maximum absolute atomic E-state index is 12.3. The van der Waals surface area contributed by atoms with Gasteiger partial charge in [0, 0.05) is 24.5 Å². The minimum atomic E-state index is -0.331. The van der Waals surface area contributed by atoms with E-state index in [2.05, 4.69) is 20.5 Å². The van der Waals surface area contributed by atoms with Gasteiger partial charge in [0.15, 0.2) is 11.0 Å². The fourth-order valence-electron chi connectivity index (χ4n) is 2.49. The molecule has 1 N–H and O–H groups in total. The highest BCUT2D eigenvalue weighted by molar-refractivity contribution is 8.00. The van der Waals surface area contributed by atoms with Crippen LogP contribution in [0.5, 0.6) is 0 Å². The zero-order chi connectivity index (χ0) is 20.1. The summed E-state index contributed by atoms with van der Waals surface area (Å²) in [6, 6.07) is 9.02. The van der Waals surface area contributed by atoms with Crippen LogP contribution < -0.4 is 5.32 Å². The van der Waals surface area contributed by atoms with E-state index in [-0.39, 0.29) is 11.2 Å². The molecule has 1 unspecified atom stereocenters. The molecule has 0 bridgehead atoms. The molecule has 1 aromatic carbocycles. The van der Waals surface area contributed by atoms with Crippen molar-refractivity contribution in [1.29, 1.82) is 0 Å². The van der Waals surface area contributed by atoms with Crippen molar-refractivity contribution < 1.29 is 4.79 Å². The van der Waals surface area contributed by atoms with Gasteiger partial charge in [-0.2, -0.15) is 0 Å². The summed E-state index contributed by atoms with van der Waals surface area (Å²) >= 11 is 13.6. The van der Waals surface area contributed by atoms with E-state index in [9.17, 15) is 4.79 Å². The Morgan fingerprint density at radius 2 is 1.93 bits per heavy atom. The minimum Gasteiger partial charge on any atom is -0.355 e. The van der Waals surface area contributed by atoms with Crippen molar-refractivity contribution in [2.24, 2.45) is 0 Å². The van der Waals surface area contributed by atoms with Gasteiger partial charge in [-0.05, 0) is 43.7 Å². The van der Waals surface area contributed by atoms with Crippen molar-refractivity contribution in [2.45, 2.75) is 30.7 Å². The summed E-state index contributed by atoms with van der Waals surface area (Å²) in [4.78, 5) is 16.3. The van der Waals surface area contributed by atoms with Crippen LogP contribution in [0.15, 0.2) is 47.9 Å². The van der Waals surface area contributed by atoms with Gasteiger partial charge in [0.25, 0.3) is 0 Å². The molecule has 3 rings (SSSR count). The molecule has 1 atom stereocenters. The number of thioether (sulfide) groups is 1. The van der Waals surface area contributed by atoms with Crippen molar-refractivity contribution in [2.75, 3.05) is 6.54 Å². The number of hydrogen-bond donors (Lipinski definition) is 1. The molecule has 0 aliphatic heterocycles. The summed E-state index contributed by atoms with van der Waals surface area (Å²) < 4.78 is 1.87. The first kappa shape index (κ1) is 20.6. The number of carbonyl (C=O) groups is 1. The van der Waals surface area contributed by atoms with Crippen LogP contribution in [0.4, 0.5) is 0 Å². The Balaban J connectivity index is 2.02. The Bertz CT molecular complexity index is 964. The Morgan fingerprint density at radius 3 is 2.61 bits per heavy atom. The van der Waals surface area contributed by atoms with Crippen LogP contribution in [-0.2, 0) is 4.79 Å². The highest BCUT2D eigenvalue weighted by Crippen LogP contribution is 2.32. The molecule has 3 aromatic rings. The quantitative estimate of drug-likeness (QED) is 0.547. The Hall–Kier alpha value is -2.09. The lowest BCUT2D eigenvalue weighted by Gasteiger charge is -2.14. The average Bonchev–Trinajstić information content (AvgIpc) is 3.12. The lowest BCUT2D eigenvalue weighted by atomic mass is 10.2. The molecule has 0 saturated carbocycles. The SMILES string of the molecule is CCCNC(=O)C(C)Sc1nnc(-c2ccncc2)n1-c1ccc(Cl)c(Cl)c1. The van der Waals surface area contributed by atoms with E-state index in [1.807, 2.05) is 36.6 Å². The molecule has 9 heteroatoms. The maximum Gasteiger partial charge on any atom is 0.233 e. The van der Waals surface area contributed by atoms with Crippen LogP contribution in [0.2, 0.25) is 10.0 Å². The van der Waals surface area contributed by atoms with Crippen LogP contribution in [0.1, 0.15) is 20.3 Å². The number of aromatic nitrogens is 4. The predicted octanol–water partition coefficient (Wildman–Crippen LogP) is 4.64. The van der Waals surface area contributed by atoms with E-state index < -0.39 is 0 Å². The second-order valence-electron chi connectivity index (χ2n) is 6.03. The van der Waals surface area contributed by atoms with Crippen molar-refractivity contribution in [3.8, 4) is 17.1 Å². The molecule has 0 fully saturated rings. The summed E-state index contributed by atoms with van der Waals surface area (Å²) in [6.45, 7) is 4.50. The minimum absolute atomic E-state index is 0.0407. The zero-order valence-corrected chi connectivity index (χ0v) is 17.7. The van der Waals surface area contributed by atoms with Gasteiger partial charge in [-0.15, -0.1) is 10.2 Å². The van der Waals surface area contributed by atoms with E-state index in [0.717, 1.165) is 17.7 Å². The van der Waals surface area contributed by atoms with E-state index in [4.69, 9.17) is 23.2 Å². The van der Waals surface area contributed by atoms with Gasteiger partial charge in [-0.25, -0.2) is 0 Å². The highest BCUT2D eigenvalue weighted by atomic mass is 35.5.